The number of anilines is 1. The van der Waals surface area contributed by atoms with Gasteiger partial charge in [0.2, 0.25) is 0 Å². The highest BCUT2D eigenvalue weighted by atomic mass is 19.1. The predicted molar refractivity (Wildman–Crippen MR) is 117 cm³/mol. The fraction of sp³-hybridized carbons (Fsp3) is 0.375. The molecule has 29 heavy (non-hydrogen) atoms. The summed E-state index contributed by atoms with van der Waals surface area (Å²) < 4.78 is 29.3. The van der Waals surface area contributed by atoms with Crippen molar-refractivity contribution < 1.29 is 13.6 Å². The topological polar surface area (TPSA) is 41.1 Å². The van der Waals surface area contributed by atoms with Crippen LogP contribution in [-0.2, 0) is 4.79 Å². The molecule has 2 N–H and O–H groups in total. The molecule has 2 aromatic rings. The Bertz CT molecular complexity index is 946. The van der Waals surface area contributed by atoms with Gasteiger partial charge in [0.1, 0.15) is 5.82 Å². The molecule has 0 aliphatic heterocycles. The van der Waals surface area contributed by atoms with Crippen molar-refractivity contribution in [3.63, 3.8) is 0 Å². The standard InChI is InChI=1S/C24H30F2N2O/c1-13(2)27-18-8-9-19(22(25)12-18)21-11-15(5)20(10-16(21)6)17(7)23(26)24(29)28-14(3)4/h8-14,27H,1-7H3,(H,28,29). The van der Waals surface area contributed by atoms with Crippen LogP contribution in [0.4, 0.5) is 14.5 Å². The minimum atomic E-state index is -0.802. The number of allylic oxidation sites excluding steroid dienone is 1. The first kappa shape index (κ1) is 22.6. The first-order chi connectivity index (χ1) is 13.5. The van der Waals surface area contributed by atoms with Gasteiger partial charge in [-0.2, -0.15) is 0 Å². The summed E-state index contributed by atoms with van der Waals surface area (Å²) in [4.78, 5) is 12.0. The lowest BCUT2D eigenvalue weighted by Gasteiger charge is -2.16. The van der Waals surface area contributed by atoms with E-state index in [0.29, 0.717) is 11.1 Å². The molecule has 0 saturated carbocycles. The molecular weight excluding hydrogens is 370 g/mol. The van der Waals surface area contributed by atoms with Crippen molar-refractivity contribution >= 4 is 17.2 Å². The summed E-state index contributed by atoms with van der Waals surface area (Å²) in [6.45, 7) is 12.8. The average Bonchev–Trinajstić information content (AvgIpc) is 2.61. The van der Waals surface area contributed by atoms with Crippen LogP contribution >= 0.6 is 0 Å². The van der Waals surface area contributed by atoms with Crippen LogP contribution in [-0.4, -0.2) is 18.0 Å². The largest absolute Gasteiger partial charge is 0.383 e. The monoisotopic (exact) mass is 400 g/mol. The second kappa shape index (κ2) is 9.21. The highest BCUT2D eigenvalue weighted by Gasteiger charge is 2.18. The van der Waals surface area contributed by atoms with Gasteiger partial charge in [-0.25, -0.2) is 8.78 Å². The van der Waals surface area contributed by atoms with E-state index in [0.717, 1.165) is 22.4 Å². The third kappa shape index (κ3) is 5.43. The molecular formula is C24H30F2N2O. The van der Waals surface area contributed by atoms with Crippen molar-refractivity contribution in [2.24, 2.45) is 0 Å². The van der Waals surface area contributed by atoms with E-state index in [4.69, 9.17) is 0 Å². The van der Waals surface area contributed by atoms with E-state index in [1.165, 1.54) is 6.07 Å². The van der Waals surface area contributed by atoms with Gasteiger partial charge in [0.25, 0.3) is 5.91 Å². The zero-order valence-electron chi connectivity index (χ0n) is 18.2. The number of hydrogen-bond donors (Lipinski definition) is 2. The highest BCUT2D eigenvalue weighted by Crippen LogP contribution is 2.33. The van der Waals surface area contributed by atoms with Crippen LogP contribution < -0.4 is 10.6 Å². The van der Waals surface area contributed by atoms with Crippen molar-refractivity contribution in [1.82, 2.24) is 5.32 Å². The van der Waals surface area contributed by atoms with Gasteiger partial charge in [0.05, 0.1) is 0 Å². The van der Waals surface area contributed by atoms with E-state index >= 15 is 0 Å². The number of aryl methyl sites for hydroxylation is 2. The van der Waals surface area contributed by atoms with Crippen molar-refractivity contribution in [3.05, 3.63) is 58.7 Å². The van der Waals surface area contributed by atoms with Crippen molar-refractivity contribution in [2.45, 2.75) is 60.5 Å². The third-order valence-corrected chi connectivity index (χ3v) is 4.64. The second-order valence-corrected chi connectivity index (χ2v) is 8.04. The molecule has 0 bridgehead atoms. The van der Waals surface area contributed by atoms with Gasteiger partial charge in [0.15, 0.2) is 5.83 Å². The van der Waals surface area contributed by atoms with Gasteiger partial charge in [-0.3, -0.25) is 4.79 Å². The quantitative estimate of drug-likeness (QED) is 0.571. The number of halogens is 2. The van der Waals surface area contributed by atoms with Gasteiger partial charge in [-0.1, -0.05) is 12.1 Å². The van der Waals surface area contributed by atoms with E-state index in [1.807, 2.05) is 45.9 Å². The number of benzene rings is 2. The van der Waals surface area contributed by atoms with Crippen LogP contribution in [0.5, 0.6) is 0 Å². The number of amides is 1. The zero-order chi connectivity index (χ0) is 21.9. The fourth-order valence-corrected chi connectivity index (χ4v) is 3.28. The molecule has 3 nitrogen and oxygen atoms in total. The Hall–Kier alpha value is -2.69. The first-order valence-corrected chi connectivity index (χ1v) is 9.86. The van der Waals surface area contributed by atoms with Crippen LogP contribution in [0, 0.1) is 19.7 Å². The van der Waals surface area contributed by atoms with Gasteiger partial charge in [-0.15, -0.1) is 0 Å². The molecule has 2 aromatic carbocycles. The number of nitrogens with one attached hydrogen (secondary N) is 2. The highest BCUT2D eigenvalue weighted by molar-refractivity contribution is 5.99. The van der Waals surface area contributed by atoms with Crippen molar-refractivity contribution in [3.8, 4) is 11.1 Å². The number of carbonyl (C=O) groups excluding carboxylic acids is 1. The molecule has 0 heterocycles. The van der Waals surface area contributed by atoms with Gasteiger partial charge in [0, 0.05) is 23.3 Å². The maximum atomic E-state index is 14.8. The summed E-state index contributed by atoms with van der Waals surface area (Å²) in [5.74, 6) is -1.84. The van der Waals surface area contributed by atoms with Crippen molar-refractivity contribution in [2.75, 3.05) is 5.32 Å². The SMILES string of the molecule is CC(=C(F)C(=O)NC(C)C)c1cc(C)c(-c2ccc(NC(C)C)cc2F)cc1C. The Morgan fingerprint density at radius 1 is 0.931 bits per heavy atom. The number of carbonyl (C=O) groups is 1. The summed E-state index contributed by atoms with van der Waals surface area (Å²) in [5, 5.41) is 5.75. The van der Waals surface area contributed by atoms with E-state index in [-0.39, 0.29) is 23.5 Å². The molecule has 0 aliphatic rings. The lowest BCUT2D eigenvalue weighted by Crippen LogP contribution is -2.30. The molecule has 1 amide bonds. The summed E-state index contributed by atoms with van der Waals surface area (Å²) in [6.07, 6.45) is 0. The lowest BCUT2D eigenvalue weighted by atomic mass is 9.91. The summed E-state index contributed by atoms with van der Waals surface area (Å²) in [7, 11) is 0. The van der Waals surface area contributed by atoms with Crippen LogP contribution in [0.3, 0.4) is 0 Å². The Morgan fingerprint density at radius 2 is 1.59 bits per heavy atom. The molecule has 5 heteroatoms. The molecule has 156 valence electrons. The van der Waals surface area contributed by atoms with Crippen LogP contribution in [0.25, 0.3) is 16.7 Å². The minimum absolute atomic E-state index is 0.151. The third-order valence-electron chi connectivity index (χ3n) is 4.64. The Morgan fingerprint density at radius 3 is 2.14 bits per heavy atom. The zero-order valence-corrected chi connectivity index (χ0v) is 18.2. The molecule has 0 aliphatic carbocycles. The van der Waals surface area contributed by atoms with Crippen molar-refractivity contribution in [1.29, 1.82) is 0 Å². The minimum Gasteiger partial charge on any atom is -0.383 e. The van der Waals surface area contributed by atoms with E-state index < -0.39 is 11.7 Å². The van der Waals surface area contributed by atoms with Gasteiger partial charge in [-0.05, 0) is 94.5 Å². The summed E-state index contributed by atoms with van der Waals surface area (Å²) in [6, 6.07) is 8.79. The molecule has 0 atom stereocenters. The molecule has 0 spiro atoms. The van der Waals surface area contributed by atoms with Gasteiger partial charge >= 0.3 is 0 Å². The summed E-state index contributed by atoms with van der Waals surface area (Å²) >= 11 is 0. The normalized spacial score (nSPS) is 12.2. The van der Waals surface area contributed by atoms with Crippen LogP contribution in [0.2, 0.25) is 0 Å². The molecule has 0 aromatic heterocycles. The molecule has 0 saturated heterocycles. The smallest absolute Gasteiger partial charge is 0.280 e. The molecule has 2 rings (SSSR count). The number of rotatable bonds is 6. The lowest BCUT2D eigenvalue weighted by molar-refractivity contribution is -0.119. The molecule has 0 fully saturated rings. The second-order valence-electron chi connectivity index (χ2n) is 8.04. The Labute approximate surface area is 172 Å². The van der Waals surface area contributed by atoms with E-state index in [9.17, 15) is 13.6 Å². The maximum absolute atomic E-state index is 14.8. The maximum Gasteiger partial charge on any atom is 0.280 e. The van der Waals surface area contributed by atoms with Crippen LogP contribution in [0.15, 0.2) is 36.2 Å². The number of hydrogen-bond acceptors (Lipinski definition) is 2. The Balaban J connectivity index is 2.45. The fourth-order valence-electron chi connectivity index (χ4n) is 3.28. The van der Waals surface area contributed by atoms with Crippen LogP contribution in [0.1, 0.15) is 51.3 Å². The first-order valence-electron chi connectivity index (χ1n) is 9.86. The Kier molecular flexibility index (Phi) is 7.17. The summed E-state index contributed by atoms with van der Waals surface area (Å²) in [5.41, 5.74) is 4.47. The molecule has 0 radical (unpaired) electrons. The predicted octanol–water partition coefficient (Wildman–Crippen LogP) is 6.15. The average molecular weight is 401 g/mol. The van der Waals surface area contributed by atoms with E-state index in [2.05, 4.69) is 10.6 Å². The molecule has 0 unspecified atom stereocenters. The van der Waals surface area contributed by atoms with Gasteiger partial charge < -0.3 is 10.6 Å². The van der Waals surface area contributed by atoms with E-state index in [1.54, 1.807) is 26.8 Å².